The van der Waals surface area contributed by atoms with Gasteiger partial charge in [0.2, 0.25) is 5.91 Å². The van der Waals surface area contributed by atoms with Gasteiger partial charge in [-0.25, -0.2) is 4.98 Å². The maximum absolute atomic E-state index is 13.7. The number of imidazole rings is 1. The molecule has 3 aromatic rings. The van der Waals surface area contributed by atoms with E-state index in [9.17, 15) is 4.79 Å². The Bertz CT molecular complexity index is 1080. The van der Waals surface area contributed by atoms with Crippen LogP contribution in [0.2, 0.25) is 5.02 Å². The molecule has 2 aliphatic rings. The topological polar surface area (TPSA) is 67.2 Å². The van der Waals surface area contributed by atoms with Crippen molar-refractivity contribution in [3.63, 3.8) is 0 Å². The molecule has 7 nitrogen and oxygen atoms in total. The number of nitrogens with zero attached hydrogens (tertiary/aromatic N) is 6. The van der Waals surface area contributed by atoms with Gasteiger partial charge in [0.05, 0.1) is 5.41 Å². The Morgan fingerprint density at radius 3 is 2.19 bits per heavy atom. The molecule has 1 amide bonds. The Kier molecular flexibility index (Phi) is 5.59. The van der Waals surface area contributed by atoms with E-state index in [1.807, 2.05) is 59.0 Å². The van der Waals surface area contributed by atoms with Gasteiger partial charge >= 0.3 is 0 Å². The zero-order valence-electron chi connectivity index (χ0n) is 18.2. The van der Waals surface area contributed by atoms with Crippen LogP contribution in [0.3, 0.4) is 0 Å². The van der Waals surface area contributed by atoms with Crippen LogP contribution >= 0.6 is 11.6 Å². The van der Waals surface area contributed by atoms with Gasteiger partial charge in [-0.3, -0.25) is 9.36 Å². The number of carbonyl (C=O) groups is 1. The summed E-state index contributed by atoms with van der Waals surface area (Å²) in [5.41, 5.74) is 0.694. The van der Waals surface area contributed by atoms with Crippen LogP contribution in [0.15, 0.2) is 48.8 Å². The van der Waals surface area contributed by atoms with Crippen LogP contribution in [-0.4, -0.2) is 56.7 Å². The lowest BCUT2D eigenvalue weighted by atomic mass is 9.77. The zero-order valence-corrected chi connectivity index (χ0v) is 19.0. The first-order valence-electron chi connectivity index (χ1n) is 11.2. The van der Waals surface area contributed by atoms with Crippen LogP contribution in [0.25, 0.3) is 5.82 Å². The number of benzene rings is 1. The smallest absolute Gasteiger partial charge is 0.233 e. The molecule has 8 heteroatoms. The molecule has 0 bridgehead atoms. The van der Waals surface area contributed by atoms with Gasteiger partial charge in [0.25, 0.3) is 0 Å². The van der Waals surface area contributed by atoms with Crippen molar-refractivity contribution >= 4 is 23.3 Å². The van der Waals surface area contributed by atoms with Crippen LogP contribution in [0.1, 0.15) is 37.1 Å². The zero-order chi connectivity index (χ0) is 22.1. The molecule has 5 rings (SSSR count). The number of hydrogen-bond acceptors (Lipinski definition) is 5. The lowest BCUT2D eigenvalue weighted by Gasteiger charge is -2.40. The van der Waals surface area contributed by atoms with Crippen LogP contribution in [0.5, 0.6) is 0 Å². The quantitative estimate of drug-likeness (QED) is 0.605. The van der Waals surface area contributed by atoms with E-state index in [-0.39, 0.29) is 5.91 Å². The molecule has 3 heterocycles. The van der Waals surface area contributed by atoms with Gasteiger partial charge < -0.3 is 9.80 Å². The SMILES string of the molecule is Cc1nccn1-c1ccc(N2CCN(C(=O)C3(c4ccc(Cl)cc4)CCCC3)CC2)nn1. The fourth-order valence-electron chi connectivity index (χ4n) is 5.05. The number of piperazine rings is 1. The van der Waals surface area contributed by atoms with Crippen molar-refractivity contribution in [1.29, 1.82) is 0 Å². The minimum absolute atomic E-state index is 0.258. The third kappa shape index (κ3) is 3.75. The number of amides is 1. The van der Waals surface area contributed by atoms with Crippen molar-refractivity contribution in [3.05, 3.63) is 65.2 Å². The van der Waals surface area contributed by atoms with E-state index in [4.69, 9.17) is 11.6 Å². The molecule has 1 saturated heterocycles. The second-order valence-electron chi connectivity index (χ2n) is 8.67. The van der Waals surface area contributed by atoms with Gasteiger partial charge in [-0.2, -0.15) is 0 Å². The Morgan fingerprint density at radius 2 is 1.59 bits per heavy atom. The van der Waals surface area contributed by atoms with Crippen molar-refractivity contribution in [2.45, 2.75) is 38.0 Å². The first kappa shape index (κ1) is 20.9. The van der Waals surface area contributed by atoms with E-state index in [0.717, 1.165) is 61.8 Å². The van der Waals surface area contributed by atoms with Crippen LogP contribution in [-0.2, 0) is 10.2 Å². The molecule has 1 aliphatic heterocycles. The predicted molar refractivity (Wildman–Crippen MR) is 124 cm³/mol. The second kappa shape index (κ2) is 8.54. The minimum atomic E-state index is -0.406. The summed E-state index contributed by atoms with van der Waals surface area (Å²) in [5.74, 6) is 2.73. The summed E-state index contributed by atoms with van der Waals surface area (Å²) >= 11 is 6.10. The summed E-state index contributed by atoms with van der Waals surface area (Å²) in [6.07, 6.45) is 7.63. The largest absolute Gasteiger partial charge is 0.352 e. The van der Waals surface area contributed by atoms with E-state index in [0.29, 0.717) is 18.1 Å². The summed E-state index contributed by atoms with van der Waals surface area (Å²) in [7, 11) is 0. The molecule has 1 saturated carbocycles. The van der Waals surface area contributed by atoms with E-state index in [2.05, 4.69) is 20.1 Å². The van der Waals surface area contributed by atoms with Crippen molar-refractivity contribution < 1.29 is 4.79 Å². The van der Waals surface area contributed by atoms with Crippen LogP contribution < -0.4 is 4.90 Å². The van der Waals surface area contributed by atoms with Gasteiger partial charge in [-0.1, -0.05) is 36.6 Å². The Morgan fingerprint density at radius 1 is 0.938 bits per heavy atom. The Hall–Kier alpha value is -2.93. The number of aryl methyl sites for hydroxylation is 1. The first-order chi connectivity index (χ1) is 15.6. The number of halogens is 1. The van der Waals surface area contributed by atoms with E-state index in [1.54, 1.807) is 6.20 Å². The van der Waals surface area contributed by atoms with Gasteiger partial charge in [-0.15, -0.1) is 10.2 Å². The molecule has 1 aliphatic carbocycles. The predicted octanol–water partition coefficient (Wildman–Crippen LogP) is 3.78. The van der Waals surface area contributed by atoms with Crippen LogP contribution in [0, 0.1) is 6.92 Å². The fourth-order valence-corrected chi connectivity index (χ4v) is 5.18. The number of carbonyl (C=O) groups excluding carboxylic acids is 1. The first-order valence-corrected chi connectivity index (χ1v) is 11.6. The molecule has 2 aromatic heterocycles. The normalized spacial score (nSPS) is 18.2. The van der Waals surface area contributed by atoms with Crippen molar-refractivity contribution in [1.82, 2.24) is 24.6 Å². The molecular weight excluding hydrogens is 424 g/mol. The molecule has 32 heavy (non-hydrogen) atoms. The molecule has 0 N–H and O–H groups in total. The fraction of sp³-hybridized carbons (Fsp3) is 0.417. The number of anilines is 1. The molecular formula is C24H27ClN6O. The highest BCUT2D eigenvalue weighted by atomic mass is 35.5. The average molecular weight is 451 g/mol. The Balaban J connectivity index is 1.27. The lowest BCUT2D eigenvalue weighted by molar-refractivity contribution is -0.137. The summed E-state index contributed by atoms with van der Waals surface area (Å²) < 4.78 is 1.91. The molecule has 0 atom stereocenters. The maximum atomic E-state index is 13.7. The summed E-state index contributed by atoms with van der Waals surface area (Å²) in [5, 5.41) is 9.51. The molecule has 0 radical (unpaired) electrons. The molecule has 2 fully saturated rings. The van der Waals surface area contributed by atoms with Gasteiger partial charge in [-0.05, 0) is 49.6 Å². The standard InChI is InChI=1S/C24H27ClN6O/c1-18-26-12-13-31(18)22-9-8-21(27-28-22)29-14-16-30(17-15-29)23(32)24(10-2-3-11-24)19-4-6-20(25)7-5-19/h4-9,12-13H,2-3,10-11,14-17H2,1H3. The number of aromatic nitrogens is 4. The number of hydrogen-bond donors (Lipinski definition) is 0. The van der Waals surface area contributed by atoms with E-state index < -0.39 is 5.41 Å². The monoisotopic (exact) mass is 450 g/mol. The third-order valence-corrected chi connectivity index (χ3v) is 7.12. The maximum Gasteiger partial charge on any atom is 0.233 e. The van der Waals surface area contributed by atoms with Crippen molar-refractivity contribution in [3.8, 4) is 5.82 Å². The highest BCUT2D eigenvalue weighted by Crippen LogP contribution is 2.43. The van der Waals surface area contributed by atoms with Crippen LogP contribution in [0.4, 0.5) is 5.82 Å². The lowest BCUT2D eigenvalue weighted by Crippen LogP contribution is -2.54. The molecule has 1 aromatic carbocycles. The number of rotatable bonds is 4. The summed E-state index contributed by atoms with van der Waals surface area (Å²) in [4.78, 5) is 22.2. The van der Waals surface area contributed by atoms with Crippen molar-refractivity contribution in [2.24, 2.45) is 0 Å². The minimum Gasteiger partial charge on any atom is -0.352 e. The third-order valence-electron chi connectivity index (χ3n) is 6.86. The summed E-state index contributed by atoms with van der Waals surface area (Å²) in [6, 6.07) is 11.8. The molecule has 0 unspecified atom stereocenters. The average Bonchev–Trinajstić information content (AvgIpc) is 3.49. The Labute approximate surface area is 193 Å². The molecule has 0 spiro atoms. The molecule has 166 valence electrons. The highest BCUT2D eigenvalue weighted by Gasteiger charge is 2.45. The summed E-state index contributed by atoms with van der Waals surface area (Å²) in [6.45, 7) is 4.82. The van der Waals surface area contributed by atoms with Gasteiger partial charge in [0, 0.05) is 43.6 Å². The van der Waals surface area contributed by atoms with Gasteiger partial charge in [0.1, 0.15) is 5.82 Å². The second-order valence-corrected chi connectivity index (χ2v) is 9.11. The van der Waals surface area contributed by atoms with Gasteiger partial charge in [0.15, 0.2) is 11.6 Å². The van der Waals surface area contributed by atoms with Crippen molar-refractivity contribution in [2.75, 3.05) is 31.1 Å². The highest BCUT2D eigenvalue weighted by molar-refractivity contribution is 6.30. The van der Waals surface area contributed by atoms with E-state index >= 15 is 0 Å². The van der Waals surface area contributed by atoms with E-state index in [1.165, 1.54) is 0 Å².